The zero-order chi connectivity index (χ0) is 22.5. The third kappa shape index (κ3) is 3.40. The summed E-state index contributed by atoms with van der Waals surface area (Å²) in [5.74, 6) is -0.455. The molecule has 5 aromatic rings. The molecular weight excluding hydrogens is 473 g/mol. The van der Waals surface area contributed by atoms with Crippen molar-refractivity contribution in [1.82, 2.24) is 8.75 Å². The highest BCUT2D eigenvalue weighted by molar-refractivity contribution is 7.58. The number of hydrogen-bond acceptors (Lipinski definition) is 7. The predicted octanol–water partition coefficient (Wildman–Crippen LogP) is 8.37. The van der Waals surface area contributed by atoms with Crippen molar-refractivity contribution in [3.05, 3.63) is 77.6 Å². The van der Waals surface area contributed by atoms with E-state index in [0.717, 1.165) is 49.9 Å². The zero-order valence-electron chi connectivity index (χ0n) is 17.6. The summed E-state index contributed by atoms with van der Waals surface area (Å²) in [6.45, 7) is 4.16. The number of aromatic nitrogens is 2. The Hall–Kier alpha value is -3.27. The summed E-state index contributed by atoms with van der Waals surface area (Å²) >= 11 is 3.61. The molecule has 3 heterocycles. The number of fused-ring (bicyclic) bond motifs is 2. The molecule has 0 atom stereocenters. The average molecular weight is 490 g/mol. The molecule has 162 valence electrons. The minimum absolute atomic E-state index is 0.249. The Kier molecular flexibility index (Phi) is 4.90. The summed E-state index contributed by atoms with van der Waals surface area (Å²) in [6.07, 6.45) is 0. The van der Waals surface area contributed by atoms with Crippen molar-refractivity contribution < 1.29 is 4.39 Å². The molecule has 0 N–H and O–H groups in total. The van der Waals surface area contributed by atoms with Gasteiger partial charge in [-0.1, -0.05) is 35.4 Å². The predicted molar refractivity (Wildman–Crippen MR) is 136 cm³/mol. The minimum Gasteiger partial charge on any atom is -0.302 e. The lowest BCUT2D eigenvalue weighted by Gasteiger charge is -2.24. The van der Waals surface area contributed by atoms with Gasteiger partial charge in [0.25, 0.3) is 0 Å². The fourth-order valence-corrected chi connectivity index (χ4v) is 6.02. The molecule has 6 rings (SSSR count). The Balaban J connectivity index is 1.53. The van der Waals surface area contributed by atoms with Crippen molar-refractivity contribution in [2.45, 2.75) is 13.8 Å². The third-order valence-corrected chi connectivity index (χ3v) is 7.65. The van der Waals surface area contributed by atoms with Crippen LogP contribution in [-0.4, -0.2) is 8.75 Å². The molecule has 0 radical (unpaired) electrons. The molecule has 0 amide bonds. The van der Waals surface area contributed by atoms with Gasteiger partial charge in [0, 0.05) is 16.3 Å². The normalized spacial score (nSPS) is 12.2. The van der Waals surface area contributed by atoms with E-state index >= 15 is 0 Å². The number of nitrogens with zero attached hydrogens (tertiary/aromatic N) is 5. The van der Waals surface area contributed by atoms with E-state index in [1.807, 2.05) is 6.07 Å². The van der Waals surface area contributed by atoms with Crippen molar-refractivity contribution in [2.24, 2.45) is 8.73 Å². The van der Waals surface area contributed by atoms with Gasteiger partial charge in [0.05, 0.1) is 28.6 Å². The minimum atomic E-state index is -0.455. The Morgan fingerprint density at radius 3 is 2.00 bits per heavy atom. The van der Waals surface area contributed by atoms with Crippen molar-refractivity contribution >= 4 is 73.2 Å². The number of rotatable bonds is 4. The second-order valence-electron chi connectivity index (χ2n) is 7.76. The van der Waals surface area contributed by atoms with Crippen LogP contribution in [0.1, 0.15) is 11.1 Å². The molecule has 2 aromatic heterocycles. The van der Waals surface area contributed by atoms with Crippen molar-refractivity contribution in [3.63, 3.8) is 0 Å². The fraction of sp³-hybridized carbons (Fsp3) is 0.0833. The van der Waals surface area contributed by atoms with E-state index in [4.69, 9.17) is 0 Å². The Bertz CT molecular complexity index is 1530. The van der Waals surface area contributed by atoms with Gasteiger partial charge in [-0.25, -0.2) is 4.39 Å². The van der Waals surface area contributed by atoms with Crippen molar-refractivity contribution in [1.29, 1.82) is 0 Å². The fourth-order valence-electron chi connectivity index (χ4n) is 3.82. The van der Waals surface area contributed by atoms with Gasteiger partial charge < -0.3 is 4.90 Å². The molecule has 0 bridgehead atoms. The maximum Gasteiger partial charge on any atom is 0.181 e. The Morgan fingerprint density at radius 2 is 1.33 bits per heavy atom. The van der Waals surface area contributed by atoms with E-state index < -0.39 is 5.82 Å². The number of benzene rings is 3. The molecule has 5 nitrogen and oxygen atoms in total. The average Bonchev–Trinajstić information content (AvgIpc) is 3.58. The molecule has 3 aromatic carbocycles. The monoisotopic (exact) mass is 489 g/mol. The Morgan fingerprint density at radius 1 is 0.727 bits per heavy atom. The zero-order valence-corrected chi connectivity index (χ0v) is 20.1. The van der Waals surface area contributed by atoms with Crippen LogP contribution >= 0.6 is 23.1 Å². The van der Waals surface area contributed by atoms with Crippen LogP contribution in [0.25, 0.3) is 21.5 Å². The first-order valence-electron chi connectivity index (χ1n) is 10.2. The first kappa shape index (κ1) is 20.3. The van der Waals surface area contributed by atoms with Gasteiger partial charge in [0.15, 0.2) is 5.82 Å². The smallest absolute Gasteiger partial charge is 0.181 e. The molecule has 0 fully saturated rings. The van der Waals surface area contributed by atoms with E-state index in [-0.39, 0.29) is 11.2 Å². The molecule has 0 saturated carbocycles. The lowest BCUT2D eigenvalue weighted by molar-refractivity contribution is 0.641. The van der Waals surface area contributed by atoms with E-state index in [2.05, 4.69) is 90.8 Å². The molecule has 0 aliphatic carbocycles. The van der Waals surface area contributed by atoms with E-state index in [0.29, 0.717) is 11.2 Å². The molecule has 9 heteroatoms. The lowest BCUT2D eigenvalue weighted by Crippen LogP contribution is -2.08. The Labute approximate surface area is 201 Å². The lowest BCUT2D eigenvalue weighted by atomic mass is 10.1. The topological polar surface area (TPSA) is 53.7 Å². The molecule has 0 saturated heterocycles. The molecule has 0 unspecified atom stereocenters. The van der Waals surface area contributed by atoms with E-state index in [1.165, 1.54) is 11.1 Å². The SMILES string of the molecule is Cc1ccc(N(c2ccc(C)cc2)c2ccc(-c3c4c(c(F)c5nsnc35)N=S=N4)s2)cc1. The highest BCUT2D eigenvalue weighted by Crippen LogP contribution is 2.51. The van der Waals surface area contributed by atoms with Crippen molar-refractivity contribution in [2.75, 3.05) is 4.90 Å². The van der Waals surface area contributed by atoms with Crippen LogP contribution in [0.5, 0.6) is 0 Å². The second kappa shape index (κ2) is 7.95. The largest absolute Gasteiger partial charge is 0.302 e. The summed E-state index contributed by atoms with van der Waals surface area (Å²) in [7, 11) is 0. The summed E-state index contributed by atoms with van der Waals surface area (Å²) in [6, 6.07) is 21.1. The van der Waals surface area contributed by atoms with Gasteiger partial charge in [-0.3, -0.25) is 0 Å². The van der Waals surface area contributed by atoms with Gasteiger partial charge in [-0.15, -0.1) is 11.3 Å². The number of thiophene rings is 1. The first-order valence-corrected chi connectivity index (χ1v) is 12.5. The van der Waals surface area contributed by atoms with Gasteiger partial charge in [0.2, 0.25) is 0 Å². The standard InChI is InChI=1S/C24H16FN5S3/c1-13-3-7-15(8-4-13)30(16-9-5-14(2)6-10-16)18-12-11-17(31-18)19-21-23(28-32-26-21)20(25)24-22(19)27-33-29-24/h3-12H,1-2H3. The molecular formula is C24H16FN5S3. The van der Waals surface area contributed by atoms with Gasteiger partial charge in [-0.05, 0) is 50.2 Å². The second-order valence-corrected chi connectivity index (χ2v) is 9.88. The first-order chi connectivity index (χ1) is 16.1. The van der Waals surface area contributed by atoms with Crippen LogP contribution in [0.3, 0.4) is 0 Å². The summed E-state index contributed by atoms with van der Waals surface area (Å²) in [5.41, 5.74) is 6.89. The van der Waals surface area contributed by atoms with Crippen LogP contribution in [0.2, 0.25) is 0 Å². The molecule has 0 spiro atoms. The molecule has 1 aliphatic rings. The highest BCUT2D eigenvalue weighted by atomic mass is 32.1. The van der Waals surface area contributed by atoms with Crippen LogP contribution in [0.4, 0.5) is 32.1 Å². The maximum absolute atomic E-state index is 14.9. The van der Waals surface area contributed by atoms with E-state index in [9.17, 15) is 4.39 Å². The number of aryl methyl sites for hydroxylation is 2. The summed E-state index contributed by atoms with van der Waals surface area (Å²) in [5, 5.41) is 1.04. The number of halogens is 1. The summed E-state index contributed by atoms with van der Waals surface area (Å²) in [4.78, 5) is 3.17. The summed E-state index contributed by atoms with van der Waals surface area (Å²) < 4.78 is 32.0. The van der Waals surface area contributed by atoms with E-state index in [1.54, 1.807) is 11.3 Å². The van der Waals surface area contributed by atoms with Gasteiger partial charge in [-0.2, -0.15) is 17.5 Å². The van der Waals surface area contributed by atoms with Crippen molar-refractivity contribution in [3.8, 4) is 10.4 Å². The quantitative estimate of drug-likeness (QED) is 0.250. The highest BCUT2D eigenvalue weighted by Gasteiger charge is 2.27. The molecule has 33 heavy (non-hydrogen) atoms. The van der Waals surface area contributed by atoms with Crippen LogP contribution < -0.4 is 4.90 Å². The van der Waals surface area contributed by atoms with Gasteiger partial charge >= 0.3 is 0 Å². The number of hydrogen-bond donors (Lipinski definition) is 0. The number of anilines is 3. The van der Waals surface area contributed by atoms with Gasteiger partial charge in [0.1, 0.15) is 27.4 Å². The molecule has 1 aliphatic heterocycles. The van der Waals surface area contributed by atoms with Crippen LogP contribution in [0.15, 0.2) is 69.4 Å². The maximum atomic E-state index is 14.9. The van der Waals surface area contributed by atoms with Crippen LogP contribution in [-0.2, 0) is 11.4 Å². The third-order valence-electron chi connectivity index (χ3n) is 5.51. The van der Waals surface area contributed by atoms with Crippen LogP contribution in [0, 0.1) is 19.7 Å².